The molecule has 17 aromatic rings. The number of fused-ring (bicyclic) bond motifs is 9. The van der Waals surface area contributed by atoms with Crippen molar-refractivity contribution in [3.8, 4) is 22.3 Å². The molecular weight excluding hydrogens is 1030 g/mol. The summed E-state index contributed by atoms with van der Waals surface area (Å²) < 4.78 is 0. The fourth-order valence-electron chi connectivity index (χ4n) is 16.2. The molecule has 396 valence electrons. The quantitative estimate of drug-likeness (QED) is 0.146. The van der Waals surface area contributed by atoms with E-state index in [1.807, 2.05) is 0 Å². The van der Waals surface area contributed by atoms with Crippen molar-refractivity contribution in [3.63, 3.8) is 0 Å². The minimum absolute atomic E-state index is 1.20. The van der Waals surface area contributed by atoms with Crippen LogP contribution in [0.5, 0.6) is 0 Å². The molecule has 0 aliphatic heterocycles. The second-order valence-corrected chi connectivity index (χ2v) is 24.1. The van der Waals surface area contributed by atoms with Crippen molar-refractivity contribution in [2.45, 2.75) is 13.8 Å². The summed E-state index contributed by atoms with van der Waals surface area (Å²) in [7, 11) is 0. The molecule has 0 amide bonds. The van der Waals surface area contributed by atoms with Gasteiger partial charge >= 0.3 is 0 Å². The number of allylic oxidation sites excluding steroid dienone is 5. The SMILES string of the molecule is Cc1c2c(c(C)c(-c3cc4ccc5cccc6ccc(c3)c4c56)c1-c1cc3ccc4cccc5ccc(c1)c3c45)C(c1cccc3c1ccc1ccccc13)=C1C(c3ccccc3)=C(c3ccccc3)C(c3cccc4c3ccc3ccccc34)=C12. The van der Waals surface area contributed by atoms with E-state index in [9.17, 15) is 0 Å². The van der Waals surface area contributed by atoms with Crippen LogP contribution < -0.4 is 0 Å². The molecular formula is C86H52. The smallest absolute Gasteiger partial charge is 0.0000944 e. The van der Waals surface area contributed by atoms with Crippen LogP contribution >= 0.6 is 0 Å². The van der Waals surface area contributed by atoms with E-state index < -0.39 is 0 Å². The first-order valence-corrected chi connectivity index (χ1v) is 30.2. The lowest BCUT2D eigenvalue weighted by molar-refractivity contribution is 1.34. The topological polar surface area (TPSA) is 0 Å². The Morgan fingerprint density at radius 2 is 0.500 bits per heavy atom. The van der Waals surface area contributed by atoms with E-state index in [-0.39, 0.29) is 0 Å². The fourth-order valence-corrected chi connectivity index (χ4v) is 16.2. The highest BCUT2D eigenvalue weighted by atomic mass is 14.5. The van der Waals surface area contributed by atoms with Crippen LogP contribution in [0.4, 0.5) is 0 Å². The minimum atomic E-state index is 1.20. The van der Waals surface area contributed by atoms with Crippen LogP contribution in [0.2, 0.25) is 0 Å². The maximum Gasteiger partial charge on any atom is -0.0000944 e. The van der Waals surface area contributed by atoms with Crippen LogP contribution in [0.1, 0.15) is 44.5 Å². The van der Waals surface area contributed by atoms with Crippen LogP contribution in [-0.4, -0.2) is 0 Å². The van der Waals surface area contributed by atoms with Gasteiger partial charge in [-0.15, -0.1) is 0 Å². The van der Waals surface area contributed by atoms with Crippen LogP contribution in [-0.2, 0) is 0 Å². The average Bonchev–Trinajstić information content (AvgIpc) is 1.52. The molecule has 0 aromatic heterocycles. The first-order chi connectivity index (χ1) is 42.5. The highest BCUT2D eigenvalue weighted by Gasteiger charge is 2.44. The molecule has 0 saturated carbocycles. The number of hydrogen-bond acceptors (Lipinski definition) is 0. The molecule has 19 rings (SSSR count). The van der Waals surface area contributed by atoms with E-state index in [0.717, 1.165) is 0 Å². The Morgan fingerprint density at radius 3 is 0.953 bits per heavy atom. The normalized spacial score (nSPS) is 13.6. The second kappa shape index (κ2) is 17.8. The van der Waals surface area contributed by atoms with Crippen molar-refractivity contribution >= 4 is 136 Å². The predicted octanol–water partition coefficient (Wildman–Crippen LogP) is 23.4. The molecule has 0 spiro atoms. The molecule has 0 nitrogen and oxygen atoms in total. The van der Waals surface area contributed by atoms with Crippen molar-refractivity contribution in [1.29, 1.82) is 0 Å². The number of hydrogen-bond donors (Lipinski definition) is 0. The van der Waals surface area contributed by atoms with Crippen molar-refractivity contribution in [2.24, 2.45) is 0 Å². The first-order valence-electron chi connectivity index (χ1n) is 30.2. The number of rotatable bonds is 6. The Morgan fingerprint density at radius 1 is 0.174 bits per heavy atom. The maximum absolute atomic E-state index is 2.51. The van der Waals surface area contributed by atoms with E-state index in [0.29, 0.717) is 0 Å². The summed E-state index contributed by atoms with van der Waals surface area (Å²) in [5, 5.41) is 25.5. The van der Waals surface area contributed by atoms with Gasteiger partial charge < -0.3 is 0 Å². The largest absolute Gasteiger partial charge is 0.0622 e. The van der Waals surface area contributed by atoms with Gasteiger partial charge in [0.25, 0.3) is 0 Å². The van der Waals surface area contributed by atoms with E-state index in [4.69, 9.17) is 0 Å². The van der Waals surface area contributed by atoms with E-state index in [2.05, 4.69) is 293 Å². The van der Waals surface area contributed by atoms with Gasteiger partial charge in [-0.2, -0.15) is 0 Å². The molecule has 0 radical (unpaired) electrons. The van der Waals surface area contributed by atoms with Gasteiger partial charge in [0.1, 0.15) is 0 Å². The van der Waals surface area contributed by atoms with Gasteiger partial charge in [-0.25, -0.2) is 0 Å². The molecule has 0 heteroatoms. The van der Waals surface area contributed by atoms with E-state index in [1.165, 1.54) is 208 Å². The van der Waals surface area contributed by atoms with Gasteiger partial charge in [-0.1, -0.05) is 255 Å². The lowest BCUT2D eigenvalue weighted by Crippen LogP contribution is -2.04. The summed E-state index contributed by atoms with van der Waals surface area (Å²) in [5.74, 6) is 0. The molecule has 0 fully saturated rings. The number of benzene rings is 17. The Hall–Kier alpha value is -10.9. The molecule has 0 saturated heterocycles. The van der Waals surface area contributed by atoms with Gasteiger partial charge in [0.15, 0.2) is 0 Å². The predicted molar refractivity (Wildman–Crippen MR) is 370 cm³/mol. The van der Waals surface area contributed by atoms with Crippen molar-refractivity contribution < 1.29 is 0 Å². The van der Waals surface area contributed by atoms with Crippen molar-refractivity contribution in [2.75, 3.05) is 0 Å². The summed E-state index contributed by atoms with van der Waals surface area (Å²) >= 11 is 0. The van der Waals surface area contributed by atoms with E-state index in [1.54, 1.807) is 0 Å². The summed E-state index contributed by atoms with van der Waals surface area (Å²) in [6.07, 6.45) is 0. The zero-order valence-electron chi connectivity index (χ0n) is 47.6. The molecule has 0 atom stereocenters. The minimum Gasteiger partial charge on any atom is -0.0622 e. The van der Waals surface area contributed by atoms with Crippen molar-refractivity contribution in [1.82, 2.24) is 0 Å². The zero-order valence-corrected chi connectivity index (χ0v) is 47.6. The lowest BCUT2D eigenvalue weighted by Gasteiger charge is -2.26. The molecule has 2 aliphatic rings. The summed E-state index contributed by atoms with van der Waals surface area (Å²) in [5.41, 5.74) is 22.7. The molecule has 0 heterocycles. The van der Waals surface area contributed by atoms with Gasteiger partial charge in [0.2, 0.25) is 0 Å². The highest BCUT2D eigenvalue weighted by molar-refractivity contribution is 6.42. The Labute approximate surface area is 497 Å². The Bertz CT molecular complexity index is 5800. The second-order valence-electron chi connectivity index (χ2n) is 24.1. The molecule has 0 bridgehead atoms. The fraction of sp³-hybridized carbons (Fsp3) is 0.0233. The Balaban J connectivity index is 1.03. The third-order valence-corrected chi connectivity index (χ3v) is 19.7. The first kappa shape index (κ1) is 47.6. The summed E-state index contributed by atoms with van der Waals surface area (Å²) in [6.45, 7) is 4.93. The van der Waals surface area contributed by atoms with Gasteiger partial charge in [0.05, 0.1) is 0 Å². The van der Waals surface area contributed by atoms with Gasteiger partial charge in [0, 0.05) is 0 Å². The van der Waals surface area contributed by atoms with Crippen LogP contribution in [0.3, 0.4) is 0 Å². The molecule has 0 unspecified atom stereocenters. The Kier molecular flexibility index (Phi) is 9.84. The van der Waals surface area contributed by atoms with E-state index >= 15 is 0 Å². The van der Waals surface area contributed by atoms with Crippen LogP contribution in [0.25, 0.3) is 158 Å². The van der Waals surface area contributed by atoms with Crippen LogP contribution in [0.15, 0.2) is 285 Å². The summed E-state index contributed by atoms with van der Waals surface area (Å²) in [6, 6.07) is 106. The van der Waals surface area contributed by atoms with Gasteiger partial charge in [-0.05, 0) is 246 Å². The molecule has 86 heavy (non-hydrogen) atoms. The summed E-state index contributed by atoms with van der Waals surface area (Å²) in [4.78, 5) is 0. The molecule has 2 aliphatic carbocycles. The monoisotopic (exact) mass is 1080 g/mol. The average molecular weight is 1090 g/mol. The third-order valence-electron chi connectivity index (χ3n) is 19.7. The van der Waals surface area contributed by atoms with Gasteiger partial charge in [-0.3, -0.25) is 0 Å². The third kappa shape index (κ3) is 6.53. The zero-order chi connectivity index (χ0) is 56.5. The highest BCUT2D eigenvalue weighted by Crippen LogP contribution is 2.65. The molecule has 0 N–H and O–H groups in total. The maximum atomic E-state index is 2.51. The van der Waals surface area contributed by atoms with Crippen LogP contribution in [0, 0.1) is 13.8 Å². The molecule has 17 aromatic carbocycles. The standard InChI is InChI=1S/C86H52/c1-49-73(63-45-59-37-33-55-23-13-24-56-34-38-60(46-63)79(59)77(55)56)74(64-47-61-39-35-57-25-14-26-58-36-40-62(48-64)80(61)78(57)58)50(2)76-75(49)83(71-31-15-29-67-65-27-11-9-17-51(65)41-43-69(67)71)86-82(54-21-7-4-8-22-54)81(53-19-5-3-6-20-53)84(85(76)86)72-32-16-30-68-66-28-12-10-18-52(66)42-44-70(68)72/h3-48H,1-2H3. The van der Waals surface area contributed by atoms with Crippen molar-refractivity contribution in [3.05, 3.63) is 329 Å². The lowest BCUT2D eigenvalue weighted by atomic mass is 9.77.